The number of ether oxygens (including phenoxy) is 2. The predicted octanol–water partition coefficient (Wildman–Crippen LogP) is 4.04. The number of fused-ring (bicyclic) bond motifs is 1. The van der Waals surface area contributed by atoms with Crippen molar-refractivity contribution >= 4 is 29.3 Å². The smallest absolute Gasteiger partial charge is 0.230 e. The van der Waals surface area contributed by atoms with Crippen LogP contribution in [-0.4, -0.2) is 30.4 Å². The van der Waals surface area contributed by atoms with Crippen LogP contribution in [0.1, 0.15) is 39.2 Å². The van der Waals surface area contributed by atoms with Gasteiger partial charge in [0.15, 0.2) is 11.5 Å². The highest BCUT2D eigenvalue weighted by atomic mass is 35.5. The van der Waals surface area contributed by atoms with E-state index in [1.54, 1.807) is 11.8 Å². The van der Waals surface area contributed by atoms with Crippen LogP contribution in [0.3, 0.4) is 0 Å². The number of thioether (sulfide) groups is 1. The van der Waals surface area contributed by atoms with Gasteiger partial charge in [-0.1, -0.05) is 18.5 Å². The van der Waals surface area contributed by atoms with Crippen molar-refractivity contribution in [2.75, 3.05) is 19.0 Å². The van der Waals surface area contributed by atoms with Gasteiger partial charge in [-0.05, 0) is 38.0 Å². The summed E-state index contributed by atoms with van der Waals surface area (Å²) in [5.74, 6) is 2.51. The molecule has 0 aliphatic carbocycles. The second-order valence-electron chi connectivity index (χ2n) is 6.23. The van der Waals surface area contributed by atoms with Gasteiger partial charge in [-0.15, -0.1) is 11.8 Å². The molecule has 0 fully saturated rings. The largest absolute Gasteiger partial charge is 0.489 e. The Labute approximate surface area is 147 Å². The first kappa shape index (κ1) is 18.3. The Hall–Kier alpha value is -1.07. The van der Waals surface area contributed by atoms with Crippen LogP contribution >= 0.6 is 23.4 Å². The normalized spacial score (nSPS) is 14.3. The van der Waals surface area contributed by atoms with Gasteiger partial charge in [0.2, 0.25) is 5.91 Å². The fourth-order valence-electron chi connectivity index (χ4n) is 2.13. The van der Waals surface area contributed by atoms with Crippen LogP contribution in [-0.2, 0) is 10.5 Å². The maximum absolute atomic E-state index is 12.0. The molecule has 0 atom stereocenters. The second-order valence-corrected chi connectivity index (χ2v) is 7.63. The monoisotopic (exact) mass is 357 g/mol. The van der Waals surface area contributed by atoms with Crippen LogP contribution in [0.5, 0.6) is 11.5 Å². The summed E-state index contributed by atoms with van der Waals surface area (Å²) in [5, 5.41) is 3.60. The fraction of sp³-hybridized carbons (Fsp3) is 0.588. The molecule has 1 aromatic carbocycles. The first-order valence-electron chi connectivity index (χ1n) is 7.88. The molecule has 1 amide bonds. The molecule has 0 saturated carbocycles. The molecule has 1 aliphatic heterocycles. The lowest BCUT2D eigenvalue weighted by Crippen LogP contribution is -2.43. The summed E-state index contributed by atoms with van der Waals surface area (Å²) >= 11 is 7.84. The SMILES string of the molecule is CCC(C)(C)NC(=O)CSCc1cc(Cl)c2c(c1)OCCCO2. The first-order chi connectivity index (χ1) is 10.9. The third-order valence-electron chi connectivity index (χ3n) is 3.73. The standard InChI is InChI=1S/C17H24ClNO3S/c1-4-17(2,3)19-15(20)11-23-10-12-8-13(18)16-14(9-12)21-6-5-7-22-16/h8-9H,4-7,10-11H2,1-3H3,(H,19,20). The van der Waals surface area contributed by atoms with E-state index in [1.165, 1.54) is 0 Å². The maximum atomic E-state index is 12.0. The molecule has 1 aliphatic rings. The highest BCUT2D eigenvalue weighted by molar-refractivity contribution is 7.99. The number of carbonyl (C=O) groups is 1. The Morgan fingerprint density at radius 3 is 2.83 bits per heavy atom. The van der Waals surface area contributed by atoms with Gasteiger partial charge >= 0.3 is 0 Å². The summed E-state index contributed by atoms with van der Waals surface area (Å²) in [6, 6.07) is 3.84. The summed E-state index contributed by atoms with van der Waals surface area (Å²) in [6.07, 6.45) is 1.75. The lowest BCUT2D eigenvalue weighted by molar-refractivity contribution is -0.120. The predicted molar refractivity (Wildman–Crippen MR) is 95.7 cm³/mol. The lowest BCUT2D eigenvalue weighted by Gasteiger charge is -2.24. The van der Waals surface area contributed by atoms with E-state index in [0.717, 1.165) is 18.4 Å². The van der Waals surface area contributed by atoms with E-state index in [2.05, 4.69) is 12.2 Å². The van der Waals surface area contributed by atoms with Gasteiger partial charge in [0, 0.05) is 17.7 Å². The van der Waals surface area contributed by atoms with E-state index in [4.69, 9.17) is 21.1 Å². The number of nitrogens with one attached hydrogen (secondary N) is 1. The number of benzene rings is 1. The number of rotatable bonds is 6. The zero-order valence-electron chi connectivity index (χ0n) is 13.9. The van der Waals surface area contributed by atoms with Crippen LogP contribution in [0, 0.1) is 0 Å². The van der Waals surface area contributed by atoms with Crippen molar-refractivity contribution in [1.29, 1.82) is 0 Å². The molecule has 1 N–H and O–H groups in total. The molecule has 0 bridgehead atoms. The van der Waals surface area contributed by atoms with Crippen LogP contribution in [0.15, 0.2) is 12.1 Å². The van der Waals surface area contributed by atoms with Crippen molar-refractivity contribution < 1.29 is 14.3 Å². The maximum Gasteiger partial charge on any atom is 0.230 e. The molecule has 1 aromatic rings. The Balaban J connectivity index is 1.90. The highest BCUT2D eigenvalue weighted by Gasteiger charge is 2.18. The molecule has 6 heteroatoms. The average molecular weight is 358 g/mol. The topological polar surface area (TPSA) is 47.6 Å². The van der Waals surface area contributed by atoms with Gasteiger partial charge < -0.3 is 14.8 Å². The molecule has 0 saturated heterocycles. The van der Waals surface area contributed by atoms with E-state index in [1.807, 2.05) is 26.0 Å². The van der Waals surface area contributed by atoms with Crippen molar-refractivity contribution in [3.05, 3.63) is 22.7 Å². The highest BCUT2D eigenvalue weighted by Crippen LogP contribution is 2.38. The van der Waals surface area contributed by atoms with Crippen LogP contribution in [0.4, 0.5) is 0 Å². The number of hydrogen-bond acceptors (Lipinski definition) is 4. The first-order valence-corrected chi connectivity index (χ1v) is 9.41. The molecule has 23 heavy (non-hydrogen) atoms. The Bertz CT molecular complexity index is 563. The fourth-order valence-corrected chi connectivity index (χ4v) is 3.18. The third kappa shape index (κ3) is 5.50. The minimum atomic E-state index is -0.157. The molecule has 1 heterocycles. The minimum absolute atomic E-state index is 0.0577. The van der Waals surface area contributed by atoms with Gasteiger partial charge in [-0.2, -0.15) is 0 Å². The number of carbonyl (C=O) groups excluding carboxylic acids is 1. The summed E-state index contributed by atoms with van der Waals surface area (Å²) in [4.78, 5) is 12.0. The van der Waals surface area contributed by atoms with E-state index in [-0.39, 0.29) is 11.4 Å². The van der Waals surface area contributed by atoms with Crippen molar-refractivity contribution in [2.45, 2.75) is 44.9 Å². The molecule has 0 radical (unpaired) electrons. The van der Waals surface area contributed by atoms with Crippen molar-refractivity contribution in [2.24, 2.45) is 0 Å². The van der Waals surface area contributed by atoms with E-state index in [0.29, 0.717) is 41.2 Å². The van der Waals surface area contributed by atoms with Crippen LogP contribution < -0.4 is 14.8 Å². The molecular formula is C17H24ClNO3S. The molecule has 4 nitrogen and oxygen atoms in total. The second kappa shape index (κ2) is 8.15. The molecule has 0 aromatic heterocycles. The van der Waals surface area contributed by atoms with E-state index < -0.39 is 0 Å². The van der Waals surface area contributed by atoms with Crippen LogP contribution in [0.2, 0.25) is 5.02 Å². The number of hydrogen-bond donors (Lipinski definition) is 1. The minimum Gasteiger partial charge on any atom is -0.489 e. The third-order valence-corrected chi connectivity index (χ3v) is 5.01. The quantitative estimate of drug-likeness (QED) is 0.834. The number of halogens is 1. The van der Waals surface area contributed by atoms with E-state index >= 15 is 0 Å². The van der Waals surface area contributed by atoms with Crippen molar-refractivity contribution in [3.8, 4) is 11.5 Å². The van der Waals surface area contributed by atoms with Gasteiger partial charge in [0.25, 0.3) is 0 Å². The summed E-state index contributed by atoms with van der Waals surface area (Å²) in [5.41, 5.74) is 0.878. The molecule has 128 valence electrons. The Kier molecular flexibility index (Phi) is 6.48. The van der Waals surface area contributed by atoms with Gasteiger partial charge in [0.05, 0.1) is 24.0 Å². The number of amides is 1. The zero-order valence-corrected chi connectivity index (χ0v) is 15.5. The molecule has 2 rings (SSSR count). The van der Waals surface area contributed by atoms with Gasteiger partial charge in [0.1, 0.15) is 0 Å². The zero-order chi connectivity index (χ0) is 16.9. The lowest BCUT2D eigenvalue weighted by atomic mass is 10.0. The summed E-state index contributed by atoms with van der Waals surface area (Å²) in [6.45, 7) is 7.37. The van der Waals surface area contributed by atoms with Crippen molar-refractivity contribution in [3.63, 3.8) is 0 Å². The van der Waals surface area contributed by atoms with Crippen LogP contribution in [0.25, 0.3) is 0 Å². The van der Waals surface area contributed by atoms with Gasteiger partial charge in [-0.3, -0.25) is 4.79 Å². The van der Waals surface area contributed by atoms with E-state index in [9.17, 15) is 4.79 Å². The van der Waals surface area contributed by atoms with Crippen molar-refractivity contribution in [1.82, 2.24) is 5.32 Å². The summed E-state index contributed by atoms with van der Waals surface area (Å²) < 4.78 is 11.3. The Morgan fingerprint density at radius 1 is 1.35 bits per heavy atom. The Morgan fingerprint density at radius 2 is 2.09 bits per heavy atom. The molecule has 0 unspecified atom stereocenters. The molecular weight excluding hydrogens is 334 g/mol. The average Bonchev–Trinajstić information content (AvgIpc) is 2.72. The van der Waals surface area contributed by atoms with Gasteiger partial charge in [-0.25, -0.2) is 0 Å². The summed E-state index contributed by atoms with van der Waals surface area (Å²) in [7, 11) is 0. The molecule has 0 spiro atoms.